The molecule has 1 aliphatic rings. The lowest BCUT2D eigenvalue weighted by molar-refractivity contribution is -0.145. The second-order valence-corrected chi connectivity index (χ2v) is 4.88. The quantitative estimate of drug-likeness (QED) is 0.705. The van der Waals surface area contributed by atoms with Gasteiger partial charge < -0.3 is 20.1 Å². The van der Waals surface area contributed by atoms with Gasteiger partial charge in [-0.05, 0) is 19.3 Å². The number of hydrogen-bond donors (Lipinski definition) is 2. The Hall–Kier alpha value is -1.79. The summed E-state index contributed by atoms with van der Waals surface area (Å²) in [6.07, 6.45) is 2.57. The van der Waals surface area contributed by atoms with Crippen molar-refractivity contribution in [2.24, 2.45) is 5.92 Å². The molecule has 0 aliphatic carbocycles. The van der Waals surface area contributed by atoms with Crippen molar-refractivity contribution in [2.45, 2.75) is 38.6 Å². The first-order valence-electron chi connectivity index (χ1n) is 6.86. The van der Waals surface area contributed by atoms with Gasteiger partial charge >= 0.3 is 18.0 Å². The molecule has 0 bridgehead atoms. The number of likely N-dealkylation sites (tertiary alicyclic amines) is 1. The van der Waals surface area contributed by atoms with Crippen LogP contribution in [0.5, 0.6) is 0 Å². The maximum Gasteiger partial charge on any atom is 0.328 e. The fourth-order valence-electron chi connectivity index (χ4n) is 2.36. The van der Waals surface area contributed by atoms with E-state index in [1.54, 1.807) is 0 Å². The number of carboxylic acid groups (broad SMARTS) is 1. The molecule has 0 saturated carbocycles. The minimum Gasteiger partial charge on any atom is -0.481 e. The zero-order chi connectivity index (χ0) is 15.1. The van der Waals surface area contributed by atoms with Gasteiger partial charge in [0.15, 0.2) is 0 Å². The summed E-state index contributed by atoms with van der Waals surface area (Å²) in [5.74, 6) is -1.94. The van der Waals surface area contributed by atoms with Crippen LogP contribution in [0.2, 0.25) is 0 Å². The highest BCUT2D eigenvalue weighted by Crippen LogP contribution is 2.18. The topological polar surface area (TPSA) is 95.9 Å². The summed E-state index contributed by atoms with van der Waals surface area (Å²) in [6, 6.07) is -0.963. The number of carbonyl (C=O) groups excluding carboxylic acids is 2. The molecule has 2 unspecified atom stereocenters. The average molecular weight is 286 g/mol. The first-order chi connectivity index (χ1) is 9.51. The van der Waals surface area contributed by atoms with E-state index < -0.39 is 29.9 Å². The third-order valence-corrected chi connectivity index (χ3v) is 3.47. The number of amides is 2. The van der Waals surface area contributed by atoms with Crippen molar-refractivity contribution < 1.29 is 24.2 Å². The minimum atomic E-state index is -0.918. The molecule has 0 radical (unpaired) electrons. The van der Waals surface area contributed by atoms with Crippen molar-refractivity contribution >= 4 is 18.0 Å². The van der Waals surface area contributed by atoms with Gasteiger partial charge in [0.25, 0.3) is 0 Å². The van der Waals surface area contributed by atoms with Crippen LogP contribution in [0.4, 0.5) is 4.79 Å². The van der Waals surface area contributed by atoms with Gasteiger partial charge in [-0.25, -0.2) is 9.59 Å². The van der Waals surface area contributed by atoms with E-state index in [0.29, 0.717) is 19.4 Å². The number of carbonyl (C=O) groups is 3. The Morgan fingerprint density at radius 1 is 1.45 bits per heavy atom. The molecule has 1 aliphatic heterocycles. The highest BCUT2D eigenvalue weighted by atomic mass is 16.5. The zero-order valence-electron chi connectivity index (χ0n) is 11.9. The molecule has 1 heterocycles. The van der Waals surface area contributed by atoms with Gasteiger partial charge in [0, 0.05) is 13.1 Å². The maximum absolute atomic E-state index is 12.0. The number of hydrogen-bond acceptors (Lipinski definition) is 4. The molecule has 114 valence electrons. The third kappa shape index (κ3) is 4.11. The Morgan fingerprint density at radius 3 is 2.70 bits per heavy atom. The van der Waals surface area contributed by atoms with Crippen LogP contribution in [0.3, 0.4) is 0 Å². The second kappa shape index (κ2) is 7.72. The minimum absolute atomic E-state index is 0.0758. The van der Waals surface area contributed by atoms with E-state index in [1.807, 2.05) is 6.92 Å². The predicted octanol–water partition coefficient (Wildman–Crippen LogP) is 0.834. The highest BCUT2D eigenvalue weighted by molar-refractivity contribution is 5.84. The summed E-state index contributed by atoms with van der Waals surface area (Å²) in [5.41, 5.74) is 0. The van der Waals surface area contributed by atoms with Crippen LogP contribution >= 0.6 is 0 Å². The molecule has 2 atom stereocenters. The average Bonchev–Trinajstić information content (AvgIpc) is 2.91. The van der Waals surface area contributed by atoms with Gasteiger partial charge in [-0.3, -0.25) is 4.79 Å². The third-order valence-electron chi connectivity index (χ3n) is 3.47. The number of aliphatic carboxylic acids is 1. The largest absolute Gasteiger partial charge is 0.481 e. The number of carboxylic acids is 1. The summed E-state index contributed by atoms with van der Waals surface area (Å²) < 4.78 is 4.66. The van der Waals surface area contributed by atoms with E-state index in [1.165, 1.54) is 12.0 Å². The predicted molar refractivity (Wildman–Crippen MR) is 71.2 cm³/mol. The number of nitrogens with zero attached hydrogens (tertiary/aromatic N) is 1. The monoisotopic (exact) mass is 286 g/mol. The van der Waals surface area contributed by atoms with Crippen molar-refractivity contribution in [3.05, 3.63) is 0 Å². The van der Waals surface area contributed by atoms with Crippen LogP contribution in [0, 0.1) is 5.92 Å². The van der Waals surface area contributed by atoms with E-state index in [4.69, 9.17) is 5.11 Å². The molecular formula is C13H22N2O5. The van der Waals surface area contributed by atoms with E-state index >= 15 is 0 Å². The molecule has 0 spiro atoms. The van der Waals surface area contributed by atoms with Gasteiger partial charge in [0.1, 0.15) is 6.04 Å². The Morgan fingerprint density at radius 2 is 2.15 bits per heavy atom. The van der Waals surface area contributed by atoms with Gasteiger partial charge in [0.05, 0.1) is 13.0 Å². The fourth-order valence-corrected chi connectivity index (χ4v) is 2.36. The van der Waals surface area contributed by atoms with Crippen molar-refractivity contribution in [3.8, 4) is 0 Å². The number of ether oxygens (including phenoxy) is 1. The van der Waals surface area contributed by atoms with Crippen LogP contribution in [0.1, 0.15) is 32.6 Å². The van der Waals surface area contributed by atoms with Gasteiger partial charge in [0.2, 0.25) is 0 Å². The Labute approximate surface area is 118 Å². The standard InChI is InChI=1S/C13H22N2O5/c1-3-5-9(11(16)17)8-14-13(19)15-7-4-6-10(15)12(18)20-2/h9-10H,3-8H2,1-2H3,(H,14,19)(H,16,17). The highest BCUT2D eigenvalue weighted by Gasteiger charge is 2.35. The molecular weight excluding hydrogens is 264 g/mol. The summed E-state index contributed by atoms with van der Waals surface area (Å²) in [6.45, 7) is 2.45. The van der Waals surface area contributed by atoms with E-state index in [-0.39, 0.29) is 6.54 Å². The van der Waals surface area contributed by atoms with Gasteiger partial charge in [-0.2, -0.15) is 0 Å². The molecule has 0 aromatic carbocycles. The molecule has 1 rings (SSSR count). The first kappa shape index (κ1) is 16.3. The van der Waals surface area contributed by atoms with Gasteiger partial charge in [-0.1, -0.05) is 13.3 Å². The first-order valence-corrected chi connectivity index (χ1v) is 6.86. The molecule has 7 heteroatoms. The molecule has 0 aromatic heterocycles. The normalized spacial score (nSPS) is 19.5. The lowest BCUT2D eigenvalue weighted by Gasteiger charge is -2.23. The van der Waals surface area contributed by atoms with Crippen LogP contribution in [-0.4, -0.2) is 54.2 Å². The molecule has 20 heavy (non-hydrogen) atoms. The number of methoxy groups -OCH3 is 1. The Bertz CT molecular complexity index is 372. The summed E-state index contributed by atoms with van der Waals surface area (Å²) in [5, 5.41) is 11.6. The lowest BCUT2D eigenvalue weighted by Crippen LogP contribution is -2.47. The molecule has 7 nitrogen and oxygen atoms in total. The van der Waals surface area contributed by atoms with Gasteiger partial charge in [-0.15, -0.1) is 0 Å². The number of nitrogens with one attached hydrogen (secondary N) is 1. The summed E-state index contributed by atoms with van der Waals surface area (Å²) in [7, 11) is 1.29. The fraction of sp³-hybridized carbons (Fsp3) is 0.769. The molecule has 2 amide bonds. The number of urea groups is 1. The molecule has 1 saturated heterocycles. The van der Waals surface area contributed by atoms with Crippen LogP contribution in [0.25, 0.3) is 0 Å². The Balaban J connectivity index is 2.53. The van der Waals surface area contributed by atoms with Crippen molar-refractivity contribution in [2.75, 3.05) is 20.2 Å². The van der Waals surface area contributed by atoms with E-state index in [9.17, 15) is 14.4 Å². The number of esters is 1. The Kier molecular flexibility index (Phi) is 6.27. The molecule has 0 aromatic rings. The van der Waals surface area contributed by atoms with Crippen molar-refractivity contribution in [1.82, 2.24) is 10.2 Å². The lowest BCUT2D eigenvalue weighted by atomic mass is 10.0. The number of rotatable bonds is 6. The SMILES string of the molecule is CCCC(CNC(=O)N1CCCC1C(=O)OC)C(=O)O. The van der Waals surface area contributed by atoms with E-state index in [0.717, 1.165) is 12.8 Å². The van der Waals surface area contributed by atoms with Crippen LogP contribution < -0.4 is 5.32 Å². The molecule has 2 N–H and O–H groups in total. The zero-order valence-corrected chi connectivity index (χ0v) is 11.9. The summed E-state index contributed by atoms with van der Waals surface area (Å²) >= 11 is 0. The molecule has 1 fully saturated rings. The second-order valence-electron chi connectivity index (χ2n) is 4.88. The van der Waals surface area contributed by atoms with E-state index in [2.05, 4.69) is 10.1 Å². The van der Waals surface area contributed by atoms with Crippen LogP contribution in [0.15, 0.2) is 0 Å². The van der Waals surface area contributed by atoms with Crippen LogP contribution in [-0.2, 0) is 14.3 Å². The van der Waals surface area contributed by atoms with Crippen molar-refractivity contribution in [3.63, 3.8) is 0 Å². The maximum atomic E-state index is 12.0. The smallest absolute Gasteiger partial charge is 0.328 e. The van der Waals surface area contributed by atoms with Crippen molar-refractivity contribution in [1.29, 1.82) is 0 Å². The summed E-state index contributed by atoms with van der Waals surface area (Å²) in [4.78, 5) is 36.0.